The number of halogens is 5. The van der Waals surface area contributed by atoms with Gasteiger partial charge in [0.05, 0.1) is 16.6 Å². The van der Waals surface area contributed by atoms with Gasteiger partial charge in [0.15, 0.2) is 11.5 Å². The number of nitrogens with one attached hydrogen (secondary N) is 1. The predicted molar refractivity (Wildman–Crippen MR) is 129 cm³/mol. The molecule has 0 radical (unpaired) electrons. The standard InChI is InChI=1S/C25H18BrClF3NO3/c1-2-33-22-11-14(10-19(26)23(22)34-13-15-5-3-4-6-20(15)27)9-18-17-8-7-16(25(28,29)30)12-21(17)31-24(18)32/h3-12H,2,13H2,1H3,(H,31,32)/b18-9-. The minimum absolute atomic E-state index is 0.120. The van der Waals surface area contributed by atoms with E-state index in [4.69, 9.17) is 21.1 Å². The smallest absolute Gasteiger partial charge is 0.416 e. The Morgan fingerprint density at radius 2 is 1.85 bits per heavy atom. The van der Waals surface area contributed by atoms with Crippen molar-refractivity contribution in [3.05, 3.63) is 86.3 Å². The van der Waals surface area contributed by atoms with Crippen LogP contribution in [0.5, 0.6) is 11.5 Å². The van der Waals surface area contributed by atoms with Gasteiger partial charge in [0.25, 0.3) is 5.91 Å². The zero-order chi connectivity index (χ0) is 24.5. The molecular formula is C25H18BrClF3NO3. The van der Waals surface area contributed by atoms with Crippen molar-refractivity contribution in [1.29, 1.82) is 0 Å². The summed E-state index contributed by atoms with van der Waals surface area (Å²) in [4.78, 5) is 12.5. The fourth-order valence-electron chi connectivity index (χ4n) is 3.52. The maximum Gasteiger partial charge on any atom is 0.416 e. The Morgan fingerprint density at radius 1 is 1.09 bits per heavy atom. The van der Waals surface area contributed by atoms with E-state index in [0.717, 1.165) is 17.7 Å². The molecule has 1 aliphatic heterocycles. The van der Waals surface area contributed by atoms with Crippen LogP contribution in [-0.4, -0.2) is 12.5 Å². The molecule has 0 atom stereocenters. The fourth-order valence-corrected chi connectivity index (χ4v) is 4.28. The van der Waals surface area contributed by atoms with Gasteiger partial charge >= 0.3 is 6.18 Å². The average Bonchev–Trinajstić information content (AvgIpc) is 3.08. The molecule has 0 bridgehead atoms. The number of ether oxygens (including phenoxy) is 2. The second-order valence-corrected chi connectivity index (χ2v) is 8.67. The molecule has 0 fully saturated rings. The summed E-state index contributed by atoms with van der Waals surface area (Å²) in [5.74, 6) is 0.430. The second-order valence-electron chi connectivity index (χ2n) is 7.41. The lowest BCUT2D eigenvalue weighted by Crippen LogP contribution is -2.06. The number of anilines is 1. The van der Waals surface area contributed by atoms with E-state index < -0.39 is 17.6 Å². The van der Waals surface area contributed by atoms with Gasteiger partial charge in [-0.2, -0.15) is 13.2 Å². The first-order valence-electron chi connectivity index (χ1n) is 10.2. The summed E-state index contributed by atoms with van der Waals surface area (Å²) in [6.45, 7) is 2.42. The third-order valence-electron chi connectivity index (χ3n) is 5.10. The number of benzene rings is 3. The molecule has 176 valence electrons. The van der Waals surface area contributed by atoms with Crippen molar-refractivity contribution in [3.63, 3.8) is 0 Å². The van der Waals surface area contributed by atoms with Crippen LogP contribution in [0.3, 0.4) is 0 Å². The number of hydrogen-bond acceptors (Lipinski definition) is 3. The maximum absolute atomic E-state index is 13.0. The van der Waals surface area contributed by atoms with Crippen molar-refractivity contribution >= 4 is 50.8 Å². The van der Waals surface area contributed by atoms with Gasteiger partial charge < -0.3 is 14.8 Å². The lowest BCUT2D eigenvalue weighted by atomic mass is 10.0. The molecular weight excluding hydrogens is 535 g/mol. The van der Waals surface area contributed by atoms with Crippen LogP contribution in [0.25, 0.3) is 11.6 Å². The molecule has 9 heteroatoms. The maximum atomic E-state index is 13.0. The van der Waals surface area contributed by atoms with Crippen molar-refractivity contribution in [2.24, 2.45) is 0 Å². The number of carbonyl (C=O) groups excluding carboxylic acids is 1. The third kappa shape index (κ3) is 5.08. The van der Waals surface area contributed by atoms with Crippen molar-refractivity contribution in [2.45, 2.75) is 19.7 Å². The van der Waals surface area contributed by atoms with Crippen LogP contribution in [0.15, 0.2) is 59.1 Å². The molecule has 1 N–H and O–H groups in total. The molecule has 3 aromatic carbocycles. The average molecular weight is 553 g/mol. The Hall–Kier alpha value is -2.97. The Balaban J connectivity index is 1.67. The molecule has 0 aliphatic carbocycles. The fraction of sp³-hybridized carbons (Fsp3) is 0.160. The Labute approximate surface area is 207 Å². The van der Waals surface area contributed by atoms with Gasteiger partial charge in [0.2, 0.25) is 0 Å². The van der Waals surface area contributed by atoms with Crippen LogP contribution in [-0.2, 0) is 17.6 Å². The van der Waals surface area contributed by atoms with Crippen molar-refractivity contribution in [2.75, 3.05) is 11.9 Å². The van der Waals surface area contributed by atoms with Gasteiger partial charge in [-0.3, -0.25) is 4.79 Å². The monoisotopic (exact) mass is 551 g/mol. The highest BCUT2D eigenvalue weighted by Crippen LogP contribution is 2.41. The molecule has 0 spiro atoms. The van der Waals surface area contributed by atoms with Crippen LogP contribution >= 0.6 is 27.5 Å². The van der Waals surface area contributed by atoms with Crippen LogP contribution in [0.2, 0.25) is 5.02 Å². The highest BCUT2D eigenvalue weighted by molar-refractivity contribution is 9.10. The first-order valence-corrected chi connectivity index (χ1v) is 11.4. The number of fused-ring (bicyclic) bond motifs is 1. The molecule has 0 saturated heterocycles. The zero-order valence-electron chi connectivity index (χ0n) is 17.8. The van der Waals surface area contributed by atoms with E-state index in [9.17, 15) is 18.0 Å². The summed E-state index contributed by atoms with van der Waals surface area (Å²) in [6.07, 6.45) is -2.90. The van der Waals surface area contributed by atoms with Crippen molar-refractivity contribution in [3.8, 4) is 11.5 Å². The van der Waals surface area contributed by atoms with Crippen molar-refractivity contribution in [1.82, 2.24) is 0 Å². The summed E-state index contributed by atoms with van der Waals surface area (Å²) in [5.41, 5.74) is 1.36. The van der Waals surface area contributed by atoms with E-state index >= 15 is 0 Å². The van der Waals surface area contributed by atoms with E-state index in [-0.39, 0.29) is 17.9 Å². The molecule has 1 heterocycles. The second kappa shape index (κ2) is 9.72. The van der Waals surface area contributed by atoms with Crippen LogP contribution in [0, 0.1) is 0 Å². The van der Waals surface area contributed by atoms with Crippen LogP contribution < -0.4 is 14.8 Å². The number of hydrogen-bond donors (Lipinski definition) is 1. The Morgan fingerprint density at radius 3 is 2.56 bits per heavy atom. The molecule has 1 amide bonds. The van der Waals surface area contributed by atoms with E-state index in [1.165, 1.54) is 6.07 Å². The highest BCUT2D eigenvalue weighted by Gasteiger charge is 2.33. The lowest BCUT2D eigenvalue weighted by molar-refractivity contribution is -0.137. The van der Waals surface area contributed by atoms with Gasteiger partial charge in [-0.15, -0.1) is 0 Å². The molecule has 3 aromatic rings. The normalized spacial score (nSPS) is 14.2. The number of carbonyl (C=O) groups is 1. The topological polar surface area (TPSA) is 47.6 Å². The van der Waals surface area contributed by atoms with Crippen LogP contribution in [0.4, 0.5) is 18.9 Å². The zero-order valence-corrected chi connectivity index (χ0v) is 20.1. The largest absolute Gasteiger partial charge is 0.490 e. The summed E-state index contributed by atoms with van der Waals surface area (Å²) in [7, 11) is 0. The first kappa shape index (κ1) is 24.2. The number of alkyl halides is 3. The van der Waals surface area contributed by atoms with Gasteiger partial charge in [-0.25, -0.2) is 0 Å². The van der Waals surface area contributed by atoms with Crippen molar-refractivity contribution < 1.29 is 27.4 Å². The van der Waals surface area contributed by atoms with Gasteiger partial charge in [-0.05, 0) is 64.8 Å². The van der Waals surface area contributed by atoms with Gasteiger partial charge in [0, 0.05) is 27.4 Å². The summed E-state index contributed by atoms with van der Waals surface area (Å²) in [5, 5.41) is 3.08. The molecule has 4 nitrogen and oxygen atoms in total. The molecule has 34 heavy (non-hydrogen) atoms. The predicted octanol–water partition coefficient (Wildman–Crippen LogP) is 7.59. The molecule has 0 aromatic heterocycles. The third-order valence-corrected chi connectivity index (χ3v) is 6.06. The number of rotatable bonds is 6. The highest BCUT2D eigenvalue weighted by atomic mass is 79.9. The summed E-state index contributed by atoms with van der Waals surface area (Å²) < 4.78 is 51.4. The van der Waals surface area contributed by atoms with E-state index in [0.29, 0.717) is 38.7 Å². The number of amides is 1. The Bertz CT molecular complexity index is 1290. The SMILES string of the molecule is CCOc1cc(/C=C2\C(=O)Nc3cc(C(F)(F)F)ccc32)cc(Br)c1OCc1ccccc1Cl. The molecule has 0 saturated carbocycles. The molecule has 4 rings (SSSR count). The molecule has 1 aliphatic rings. The van der Waals surface area contributed by atoms with Gasteiger partial charge in [-0.1, -0.05) is 35.9 Å². The first-order chi connectivity index (χ1) is 16.2. The van der Waals surface area contributed by atoms with Gasteiger partial charge in [0.1, 0.15) is 6.61 Å². The van der Waals surface area contributed by atoms with E-state index in [1.54, 1.807) is 24.3 Å². The Kier molecular flexibility index (Phi) is 6.91. The lowest BCUT2D eigenvalue weighted by Gasteiger charge is -2.15. The minimum atomic E-state index is -4.50. The minimum Gasteiger partial charge on any atom is -0.490 e. The quantitative estimate of drug-likeness (QED) is 0.321. The van der Waals surface area contributed by atoms with Crippen LogP contribution in [0.1, 0.15) is 29.2 Å². The van der Waals surface area contributed by atoms with E-state index in [1.807, 2.05) is 25.1 Å². The summed E-state index contributed by atoms with van der Waals surface area (Å²) >= 11 is 9.71. The molecule has 0 unspecified atom stereocenters. The van der Waals surface area contributed by atoms with E-state index in [2.05, 4.69) is 21.2 Å². The summed E-state index contributed by atoms with van der Waals surface area (Å²) in [6, 6.07) is 14.0.